The molecule has 1 fully saturated rings. The lowest BCUT2D eigenvalue weighted by atomic mass is 9.99. The molecule has 0 aromatic carbocycles. The van der Waals surface area contributed by atoms with Gasteiger partial charge in [-0.1, -0.05) is 187 Å². The van der Waals surface area contributed by atoms with Gasteiger partial charge in [0.15, 0.2) is 6.29 Å². The van der Waals surface area contributed by atoms with Crippen molar-refractivity contribution in [2.24, 2.45) is 0 Å². The smallest absolute Gasteiger partial charge is 0.220 e. The number of amides is 1. The van der Waals surface area contributed by atoms with Gasteiger partial charge < -0.3 is 40.3 Å². The minimum Gasteiger partial charge on any atom is -0.394 e. The van der Waals surface area contributed by atoms with Gasteiger partial charge in [0.25, 0.3) is 0 Å². The molecule has 1 aliphatic heterocycles. The Hall–Kier alpha value is -3.41. The summed E-state index contributed by atoms with van der Waals surface area (Å²) in [6.07, 6.45) is 59.6. The molecule has 1 heterocycles. The van der Waals surface area contributed by atoms with Crippen molar-refractivity contribution in [2.75, 3.05) is 13.2 Å². The van der Waals surface area contributed by atoms with Crippen LogP contribution in [-0.2, 0) is 14.3 Å². The third-order valence-corrected chi connectivity index (χ3v) is 11.0. The van der Waals surface area contributed by atoms with Gasteiger partial charge in [0, 0.05) is 6.42 Å². The summed E-state index contributed by atoms with van der Waals surface area (Å²) in [5, 5.41) is 54.2. The summed E-state index contributed by atoms with van der Waals surface area (Å²) in [4.78, 5) is 13.0. The van der Waals surface area contributed by atoms with Crippen molar-refractivity contribution < 1.29 is 39.8 Å². The Morgan fingerprint density at radius 1 is 0.538 bits per heavy atom. The first-order valence-corrected chi connectivity index (χ1v) is 25.3. The quantitative estimate of drug-likeness (QED) is 0.0263. The van der Waals surface area contributed by atoms with Crippen LogP contribution in [0.2, 0.25) is 0 Å². The van der Waals surface area contributed by atoms with E-state index in [2.05, 4.69) is 129 Å². The van der Waals surface area contributed by atoms with E-state index in [0.717, 1.165) is 83.5 Å². The molecule has 0 aromatic heterocycles. The zero-order chi connectivity index (χ0) is 47.3. The third-order valence-electron chi connectivity index (χ3n) is 11.0. The van der Waals surface area contributed by atoms with Gasteiger partial charge in [-0.25, -0.2) is 0 Å². The molecule has 9 heteroatoms. The van der Waals surface area contributed by atoms with E-state index >= 15 is 0 Å². The van der Waals surface area contributed by atoms with Crippen molar-refractivity contribution in [3.05, 3.63) is 122 Å². The SMILES string of the molecule is CC/C=C\C/C=C\C/C=C\C/C=C\C/C=C\C/C=C\C/C=C\C/C=C\CCCCC(=O)NC(COC1OC(CO)C(O)C(O)C1O)C(O)/C=C/CC/C=C/CCCCCCCCCCC. The fraction of sp³-hybridized carbons (Fsp3) is 0.625. The molecule has 0 aromatic rings. The largest absolute Gasteiger partial charge is 0.394 e. The maximum absolute atomic E-state index is 13.0. The van der Waals surface area contributed by atoms with Gasteiger partial charge in [0.2, 0.25) is 5.91 Å². The average Bonchev–Trinajstić information content (AvgIpc) is 3.31. The van der Waals surface area contributed by atoms with E-state index in [1.54, 1.807) is 6.08 Å². The Morgan fingerprint density at radius 2 is 0.969 bits per heavy atom. The van der Waals surface area contributed by atoms with E-state index in [-0.39, 0.29) is 18.9 Å². The van der Waals surface area contributed by atoms with E-state index in [1.165, 1.54) is 57.8 Å². The second-order valence-electron chi connectivity index (χ2n) is 16.9. The average molecular weight is 906 g/mol. The lowest BCUT2D eigenvalue weighted by molar-refractivity contribution is -0.302. The highest BCUT2D eigenvalue weighted by molar-refractivity contribution is 5.76. The molecule has 1 aliphatic rings. The van der Waals surface area contributed by atoms with Gasteiger partial charge in [-0.15, -0.1) is 0 Å². The van der Waals surface area contributed by atoms with Gasteiger partial charge in [-0.2, -0.15) is 0 Å². The number of allylic oxidation sites excluding steroid dienone is 19. The summed E-state index contributed by atoms with van der Waals surface area (Å²) in [5.41, 5.74) is 0. The summed E-state index contributed by atoms with van der Waals surface area (Å²) >= 11 is 0. The van der Waals surface area contributed by atoms with Crippen LogP contribution < -0.4 is 5.32 Å². The van der Waals surface area contributed by atoms with Crippen molar-refractivity contribution >= 4 is 5.91 Å². The highest BCUT2D eigenvalue weighted by atomic mass is 16.7. The predicted octanol–water partition coefficient (Wildman–Crippen LogP) is 11.6. The molecule has 7 unspecified atom stereocenters. The molecular formula is C56H91NO8. The third kappa shape index (κ3) is 34.5. The van der Waals surface area contributed by atoms with E-state index in [1.807, 2.05) is 6.08 Å². The van der Waals surface area contributed by atoms with E-state index in [0.29, 0.717) is 6.42 Å². The van der Waals surface area contributed by atoms with Crippen LogP contribution in [-0.4, -0.2) is 87.5 Å². The molecule has 7 atom stereocenters. The molecule has 0 spiro atoms. The predicted molar refractivity (Wildman–Crippen MR) is 271 cm³/mol. The minimum atomic E-state index is -1.59. The van der Waals surface area contributed by atoms with E-state index in [4.69, 9.17) is 9.47 Å². The molecule has 65 heavy (non-hydrogen) atoms. The zero-order valence-electron chi connectivity index (χ0n) is 40.4. The zero-order valence-corrected chi connectivity index (χ0v) is 40.4. The number of rotatable bonds is 40. The number of carbonyl (C=O) groups excluding carboxylic acids is 1. The Labute approximate surface area is 395 Å². The van der Waals surface area contributed by atoms with Crippen LogP contribution in [0.5, 0.6) is 0 Å². The van der Waals surface area contributed by atoms with Crippen molar-refractivity contribution in [1.82, 2.24) is 5.32 Å². The maximum atomic E-state index is 13.0. The summed E-state index contributed by atoms with van der Waals surface area (Å²) in [7, 11) is 0. The molecular weight excluding hydrogens is 815 g/mol. The van der Waals surface area contributed by atoms with Gasteiger partial charge in [-0.05, 0) is 96.3 Å². The van der Waals surface area contributed by atoms with Crippen LogP contribution in [0.25, 0.3) is 0 Å². The highest BCUT2D eigenvalue weighted by Gasteiger charge is 2.44. The second-order valence-corrected chi connectivity index (χ2v) is 16.9. The molecule has 0 radical (unpaired) electrons. The number of aliphatic hydroxyl groups excluding tert-OH is 5. The van der Waals surface area contributed by atoms with Gasteiger partial charge in [0.05, 0.1) is 25.4 Å². The highest BCUT2D eigenvalue weighted by Crippen LogP contribution is 2.22. The number of ether oxygens (including phenoxy) is 2. The molecule has 1 saturated heterocycles. The summed E-state index contributed by atoms with van der Waals surface area (Å²) in [6, 6.07) is -0.854. The normalized spacial score (nSPS) is 21.0. The molecule has 0 bridgehead atoms. The lowest BCUT2D eigenvalue weighted by Gasteiger charge is -2.40. The Morgan fingerprint density at radius 3 is 1.48 bits per heavy atom. The molecule has 6 N–H and O–H groups in total. The topological polar surface area (TPSA) is 149 Å². The van der Waals surface area contributed by atoms with Crippen LogP contribution >= 0.6 is 0 Å². The first kappa shape index (κ1) is 59.6. The molecule has 368 valence electrons. The van der Waals surface area contributed by atoms with Gasteiger partial charge >= 0.3 is 0 Å². The number of unbranched alkanes of at least 4 members (excludes halogenated alkanes) is 12. The fourth-order valence-electron chi connectivity index (χ4n) is 7.01. The van der Waals surface area contributed by atoms with E-state index in [9.17, 15) is 30.3 Å². The molecule has 1 rings (SSSR count). The Kier molecular flexibility index (Phi) is 40.7. The van der Waals surface area contributed by atoms with Crippen molar-refractivity contribution in [3.8, 4) is 0 Å². The molecule has 0 saturated carbocycles. The van der Waals surface area contributed by atoms with Crippen LogP contribution in [0.15, 0.2) is 122 Å². The number of nitrogens with one attached hydrogen (secondary N) is 1. The van der Waals surface area contributed by atoms with Crippen LogP contribution in [0.4, 0.5) is 0 Å². The van der Waals surface area contributed by atoms with Crippen LogP contribution in [0, 0.1) is 0 Å². The molecule has 1 amide bonds. The monoisotopic (exact) mass is 906 g/mol. The maximum Gasteiger partial charge on any atom is 0.220 e. The van der Waals surface area contributed by atoms with Crippen molar-refractivity contribution in [1.29, 1.82) is 0 Å². The first-order chi connectivity index (χ1) is 31.8. The number of carbonyl (C=O) groups is 1. The molecule has 9 nitrogen and oxygen atoms in total. The second kappa shape index (κ2) is 44.4. The van der Waals surface area contributed by atoms with Gasteiger partial charge in [-0.3, -0.25) is 4.79 Å². The summed E-state index contributed by atoms with van der Waals surface area (Å²) < 4.78 is 11.2. The first-order valence-electron chi connectivity index (χ1n) is 25.3. The van der Waals surface area contributed by atoms with Crippen molar-refractivity contribution in [2.45, 2.75) is 211 Å². The summed E-state index contributed by atoms with van der Waals surface area (Å²) in [6.45, 7) is 3.59. The number of hydrogen-bond acceptors (Lipinski definition) is 8. The van der Waals surface area contributed by atoms with Gasteiger partial charge in [0.1, 0.15) is 24.4 Å². The number of hydrogen-bond donors (Lipinski definition) is 6. The summed E-state index contributed by atoms with van der Waals surface area (Å²) in [5.74, 6) is -0.236. The number of aliphatic hydroxyl groups is 5. The Balaban J connectivity index is 2.37. The lowest BCUT2D eigenvalue weighted by Crippen LogP contribution is -2.60. The Bertz CT molecular complexity index is 1420. The van der Waals surface area contributed by atoms with E-state index < -0.39 is 49.5 Å². The minimum absolute atomic E-state index is 0.227. The standard InChI is InChI=1S/C56H91NO8/c1-3-5-7-9-11-13-15-17-19-20-21-22-23-24-25-26-27-28-29-30-32-34-36-38-40-42-44-46-52(60)57-49(48-64-56-55(63)54(62)53(61)51(47-58)65-56)50(59)45-43-41-39-37-35-33-31-18-16-14-12-10-8-6-4-2/h5,7,11,13,17,19,21-22,24-25,27-28,30,32,35-38,43,45,49-51,53-56,58-59,61-63H,3-4,6,8-10,12,14-16,18,20,23,26,29,31,33-34,39-42,44,46-48H2,1-2H3,(H,57,60)/b7-5-,13-11-,19-17-,22-21-,25-24-,28-27-,32-30-,37-35+,38-36-,45-43+. The van der Waals surface area contributed by atoms with Crippen molar-refractivity contribution in [3.63, 3.8) is 0 Å². The molecule has 0 aliphatic carbocycles. The van der Waals surface area contributed by atoms with Crippen LogP contribution in [0.3, 0.4) is 0 Å². The fourth-order valence-corrected chi connectivity index (χ4v) is 7.01. The van der Waals surface area contributed by atoms with Crippen LogP contribution in [0.1, 0.15) is 168 Å².